The van der Waals surface area contributed by atoms with Crippen LogP contribution >= 0.6 is 0 Å². The molecule has 1 amide bonds. The summed E-state index contributed by atoms with van der Waals surface area (Å²) in [5, 5.41) is 11.9. The molecule has 0 radical (unpaired) electrons. The van der Waals surface area contributed by atoms with Crippen molar-refractivity contribution in [2.24, 2.45) is 0 Å². The van der Waals surface area contributed by atoms with Gasteiger partial charge in [-0.15, -0.1) is 0 Å². The monoisotopic (exact) mass is 320 g/mol. The molecule has 1 aromatic heterocycles. The zero-order valence-corrected chi connectivity index (χ0v) is 13.2. The Balaban J connectivity index is 1.88. The third-order valence-corrected chi connectivity index (χ3v) is 3.63. The lowest BCUT2D eigenvalue weighted by Gasteiger charge is -2.10. The Kier molecular flexibility index (Phi) is 4.54. The number of benzene rings is 2. The molecule has 1 N–H and O–H groups in total. The number of fused-ring (bicyclic) bond motifs is 1. The van der Waals surface area contributed by atoms with E-state index >= 15 is 0 Å². The minimum absolute atomic E-state index is 0.0962. The number of hydrogen-bond donors (Lipinski definition) is 1. The van der Waals surface area contributed by atoms with Crippen LogP contribution in [-0.2, 0) is 22.7 Å². The highest BCUT2D eigenvalue weighted by atomic mass is 16.5. The molecule has 1 heterocycles. The number of nitrogens with zero attached hydrogens (tertiary/aromatic N) is 3. The van der Waals surface area contributed by atoms with E-state index in [1.54, 1.807) is 31.4 Å². The average molecular weight is 320 g/mol. The van der Waals surface area contributed by atoms with Gasteiger partial charge in [-0.1, -0.05) is 24.3 Å². The molecule has 3 rings (SSSR count). The molecule has 2 aromatic carbocycles. The van der Waals surface area contributed by atoms with E-state index in [4.69, 9.17) is 10.00 Å². The molecule has 3 aromatic rings. The number of amides is 1. The van der Waals surface area contributed by atoms with Gasteiger partial charge >= 0.3 is 0 Å². The Morgan fingerprint density at radius 1 is 1.25 bits per heavy atom. The quantitative estimate of drug-likeness (QED) is 0.784. The number of carbonyl (C=O) groups excluding carboxylic acids is 1. The van der Waals surface area contributed by atoms with Gasteiger partial charge in [-0.2, -0.15) is 5.26 Å². The van der Waals surface area contributed by atoms with Crippen LogP contribution in [0.15, 0.2) is 48.5 Å². The SMILES string of the molecule is COCc1nc2ccccc2n1CC(=O)Nc1ccccc1C#N. The largest absolute Gasteiger partial charge is 0.377 e. The molecule has 0 saturated carbocycles. The fourth-order valence-electron chi connectivity index (χ4n) is 2.56. The first-order chi connectivity index (χ1) is 11.7. The van der Waals surface area contributed by atoms with Crippen molar-refractivity contribution in [3.63, 3.8) is 0 Å². The number of aromatic nitrogens is 2. The van der Waals surface area contributed by atoms with Gasteiger partial charge in [-0.25, -0.2) is 4.98 Å². The van der Waals surface area contributed by atoms with Gasteiger partial charge in [0, 0.05) is 7.11 Å². The molecule has 24 heavy (non-hydrogen) atoms. The van der Waals surface area contributed by atoms with E-state index in [1.807, 2.05) is 28.8 Å². The number of nitriles is 1. The summed E-state index contributed by atoms with van der Waals surface area (Å²) < 4.78 is 7.00. The normalized spacial score (nSPS) is 10.5. The van der Waals surface area contributed by atoms with E-state index < -0.39 is 0 Å². The van der Waals surface area contributed by atoms with E-state index in [9.17, 15) is 4.79 Å². The molecule has 0 bridgehead atoms. The first kappa shape index (κ1) is 15.7. The number of nitrogens with one attached hydrogen (secondary N) is 1. The summed E-state index contributed by atoms with van der Waals surface area (Å²) in [6.07, 6.45) is 0. The molecular weight excluding hydrogens is 304 g/mol. The van der Waals surface area contributed by atoms with Crippen LogP contribution in [0.5, 0.6) is 0 Å². The molecule has 0 aliphatic carbocycles. The summed E-state index contributed by atoms with van der Waals surface area (Å²) in [4.78, 5) is 16.9. The summed E-state index contributed by atoms with van der Waals surface area (Å²) in [5.74, 6) is 0.459. The molecule has 0 aliphatic rings. The molecule has 120 valence electrons. The summed E-state index contributed by atoms with van der Waals surface area (Å²) >= 11 is 0. The minimum atomic E-state index is -0.224. The smallest absolute Gasteiger partial charge is 0.244 e. The zero-order chi connectivity index (χ0) is 16.9. The number of methoxy groups -OCH3 is 1. The van der Waals surface area contributed by atoms with Crippen molar-refractivity contribution in [3.8, 4) is 6.07 Å². The van der Waals surface area contributed by atoms with Crippen LogP contribution in [0.3, 0.4) is 0 Å². The second-order valence-electron chi connectivity index (χ2n) is 5.24. The lowest BCUT2D eigenvalue weighted by molar-refractivity contribution is -0.116. The number of hydrogen-bond acceptors (Lipinski definition) is 4. The second kappa shape index (κ2) is 6.94. The van der Waals surface area contributed by atoms with E-state index in [0.29, 0.717) is 23.7 Å². The second-order valence-corrected chi connectivity index (χ2v) is 5.24. The van der Waals surface area contributed by atoms with Crippen molar-refractivity contribution in [3.05, 3.63) is 59.9 Å². The minimum Gasteiger partial charge on any atom is -0.377 e. The third-order valence-electron chi connectivity index (χ3n) is 3.63. The van der Waals surface area contributed by atoms with Crippen LogP contribution < -0.4 is 5.32 Å². The lowest BCUT2D eigenvalue weighted by Crippen LogP contribution is -2.20. The van der Waals surface area contributed by atoms with Crippen LogP contribution in [0.25, 0.3) is 11.0 Å². The third kappa shape index (κ3) is 3.12. The van der Waals surface area contributed by atoms with Crippen molar-refractivity contribution in [2.45, 2.75) is 13.2 Å². The summed E-state index contributed by atoms with van der Waals surface area (Å²) in [6, 6.07) is 16.6. The number of rotatable bonds is 5. The van der Waals surface area contributed by atoms with E-state index in [-0.39, 0.29) is 12.5 Å². The number of imidazole rings is 1. The van der Waals surface area contributed by atoms with Crippen LogP contribution in [0, 0.1) is 11.3 Å². The lowest BCUT2D eigenvalue weighted by atomic mass is 10.2. The van der Waals surface area contributed by atoms with E-state index in [2.05, 4.69) is 16.4 Å². The highest BCUT2D eigenvalue weighted by molar-refractivity contribution is 5.93. The Labute approximate surface area is 139 Å². The first-order valence-electron chi connectivity index (χ1n) is 7.45. The fraction of sp³-hybridized carbons (Fsp3) is 0.167. The number of ether oxygens (including phenoxy) is 1. The topological polar surface area (TPSA) is 79.9 Å². The Morgan fingerprint density at radius 2 is 2.00 bits per heavy atom. The fourth-order valence-corrected chi connectivity index (χ4v) is 2.56. The van der Waals surface area contributed by atoms with Gasteiger partial charge in [0.1, 0.15) is 25.0 Å². The summed E-state index contributed by atoms with van der Waals surface area (Å²) in [5.41, 5.74) is 2.62. The van der Waals surface area contributed by atoms with Crippen molar-refractivity contribution in [1.82, 2.24) is 9.55 Å². The average Bonchev–Trinajstić information content (AvgIpc) is 2.93. The highest BCUT2D eigenvalue weighted by Crippen LogP contribution is 2.18. The van der Waals surface area contributed by atoms with Gasteiger partial charge in [-0.05, 0) is 24.3 Å². The molecule has 0 unspecified atom stereocenters. The maximum absolute atomic E-state index is 12.4. The van der Waals surface area contributed by atoms with Crippen molar-refractivity contribution in [1.29, 1.82) is 5.26 Å². The predicted molar refractivity (Wildman–Crippen MR) is 90.2 cm³/mol. The van der Waals surface area contributed by atoms with Crippen molar-refractivity contribution >= 4 is 22.6 Å². The maximum atomic E-state index is 12.4. The standard InChI is InChI=1S/C18H16N4O2/c1-24-12-17-20-15-8-4-5-9-16(15)22(17)11-18(23)21-14-7-3-2-6-13(14)10-19/h2-9H,11-12H2,1H3,(H,21,23). The first-order valence-corrected chi connectivity index (χ1v) is 7.45. The van der Waals surface area contributed by atoms with Gasteiger partial charge < -0.3 is 14.6 Å². The van der Waals surface area contributed by atoms with Crippen molar-refractivity contribution in [2.75, 3.05) is 12.4 Å². The van der Waals surface area contributed by atoms with Crippen LogP contribution in [-0.4, -0.2) is 22.6 Å². The number of anilines is 1. The molecule has 6 nitrogen and oxygen atoms in total. The van der Waals surface area contributed by atoms with E-state index in [1.165, 1.54) is 0 Å². The van der Waals surface area contributed by atoms with Gasteiger partial charge in [0.15, 0.2) is 0 Å². The maximum Gasteiger partial charge on any atom is 0.244 e. The van der Waals surface area contributed by atoms with Crippen LogP contribution in [0.4, 0.5) is 5.69 Å². The summed E-state index contributed by atoms with van der Waals surface area (Å²) in [7, 11) is 1.59. The highest BCUT2D eigenvalue weighted by Gasteiger charge is 2.14. The summed E-state index contributed by atoms with van der Waals surface area (Å²) in [6.45, 7) is 0.412. The van der Waals surface area contributed by atoms with Gasteiger partial charge in [-0.3, -0.25) is 4.79 Å². The zero-order valence-electron chi connectivity index (χ0n) is 13.2. The Bertz CT molecular complexity index is 924. The Morgan fingerprint density at radius 3 is 2.79 bits per heavy atom. The van der Waals surface area contributed by atoms with Gasteiger partial charge in [0.05, 0.1) is 22.3 Å². The molecule has 0 spiro atoms. The molecule has 0 fully saturated rings. The Hall–Kier alpha value is -3.17. The predicted octanol–water partition coefficient (Wildman–Crippen LogP) is 2.69. The van der Waals surface area contributed by atoms with Crippen molar-refractivity contribution < 1.29 is 9.53 Å². The van der Waals surface area contributed by atoms with Gasteiger partial charge in [0.2, 0.25) is 5.91 Å². The molecule has 0 saturated heterocycles. The number of para-hydroxylation sites is 3. The number of carbonyl (C=O) groups is 1. The molecule has 6 heteroatoms. The molecule has 0 aliphatic heterocycles. The van der Waals surface area contributed by atoms with Crippen LogP contribution in [0.2, 0.25) is 0 Å². The van der Waals surface area contributed by atoms with E-state index in [0.717, 1.165) is 11.0 Å². The van der Waals surface area contributed by atoms with Crippen LogP contribution in [0.1, 0.15) is 11.4 Å². The van der Waals surface area contributed by atoms with Gasteiger partial charge in [0.25, 0.3) is 0 Å². The molecular formula is C18H16N4O2. The molecule has 0 atom stereocenters.